The van der Waals surface area contributed by atoms with Crippen molar-refractivity contribution in [3.63, 3.8) is 0 Å². The van der Waals surface area contributed by atoms with E-state index in [0.717, 1.165) is 18.8 Å². The van der Waals surface area contributed by atoms with Crippen molar-refractivity contribution < 1.29 is 19.0 Å². The summed E-state index contributed by atoms with van der Waals surface area (Å²) in [6.45, 7) is 3.08. The fraction of sp³-hybridized carbons (Fsp3) is 0.688. The van der Waals surface area contributed by atoms with Gasteiger partial charge >= 0.3 is 0 Å². The first-order valence-corrected chi connectivity index (χ1v) is 8.22. The van der Waals surface area contributed by atoms with Gasteiger partial charge in [0.25, 0.3) is 0 Å². The van der Waals surface area contributed by atoms with Crippen LogP contribution in [0.5, 0.6) is 5.88 Å². The van der Waals surface area contributed by atoms with Crippen molar-refractivity contribution in [1.29, 1.82) is 0 Å². The second kappa shape index (κ2) is 7.76. The van der Waals surface area contributed by atoms with Crippen LogP contribution in [0.15, 0.2) is 12.4 Å². The maximum absolute atomic E-state index is 12.6. The molecule has 132 valence electrons. The summed E-state index contributed by atoms with van der Waals surface area (Å²) in [5.41, 5.74) is 0. The largest absolute Gasteiger partial charge is 0.481 e. The molecule has 1 N–H and O–H groups in total. The lowest BCUT2D eigenvalue weighted by molar-refractivity contribution is -0.128. The number of ether oxygens (including phenoxy) is 3. The van der Waals surface area contributed by atoms with Crippen LogP contribution in [-0.4, -0.2) is 69.0 Å². The van der Waals surface area contributed by atoms with E-state index < -0.39 is 0 Å². The zero-order valence-electron chi connectivity index (χ0n) is 14.1. The Bertz CT molecular complexity index is 571. The third-order valence-electron chi connectivity index (χ3n) is 4.70. The number of piperidine rings is 1. The van der Waals surface area contributed by atoms with Crippen molar-refractivity contribution in [3.05, 3.63) is 12.4 Å². The number of rotatable bonds is 6. The van der Waals surface area contributed by atoms with E-state index in [1.165, 1.54) is 6.33 Å². The molecule has 8 heteroatoms. The first-order chi connectivity index (χ1) is 11.7. The van der Waals surface area contributed by atoms with Gasteiger partial charge in [-0.05, 0) is 6.42 Å². The van der Waals surface area contributed by atoms with Crippen LogP contribution in [0.1, 0.15) is 6.42 Å². The Morgan fingerprint density at radius 3 is 3.08 bits per heavy atom. The molecule has 2 aliphatic heterocycles. The first kappa shape index (κ1) is 16.9. The fourth-order valence-electron chi connectivity index (χ4n) is 3.46. The number of amides is 1. The van der Waals surface area contributed by atoms with Crippen molar-refractivity contribution in [2.45, 2.75) is 12.5 Å². The van der Waals surface area contributed by atoms with E-state index in [1.807, 2.05) is 0 Å². The number of nitrogens with zero attached hydrogens (tertiary/aromatic N) is 3. The number of carbonyl (C=O) groups is 1. The minimum Gasteiger partial charge on any atom is -0.481 e. The summed E-state index contributed by atoms with van der Waals surface area (Å²) in [5.74, 6) is 1.45. The van der Waals surface area contributed by atoms with Crippen molar-refractivity contribution in [2.24, 2.45) is 11.8 Å². The number of carbonyl (C=O) groups excluding carboxylic acids is 1. The highest BCUT2D eigenvalue weighted by atomic mass is 16.5. The molecule has 3 heterocycles. The van der Waals surface area contributed by atoms with Crippen molar-refractivity contribution >= 4 is 11.7 Å². The second-order valence-corrected chi connectivity index (χ2v) is 6.08. The predicted octanol–water partition coefficient (Wildman–Crippen LogP) is 0.0891. The van der Waals surface area contributed by atoms with Gasteiger partial charge in [0.2, 0.25) is 11.8 Å². The number of hydrogen-bond donors (Lipinski definition) is 1. The SMILES string of the molecule is COCCNC(=O)[C@@H]1CN(c2cc(OC)ncn2)C[C@H]2OCC[C@H]21. The van der Waals surface area contributed by atoms with Gasteiger partial charge in [-0.15, -0.1) is 0 Å². The lowest BCUT2D eigenvalue weighted by atomic mass is 9.82. The van der Waals surface area contributed by atoms with Crippen molar-refractivity contribution in [3.8, 4) is 5.88 Å². The van der Waals surface area contributed by atoms with Gasteiger partial charge in [0.05, 0.1) is 25.7 Å². The van der Waals surface area contributed by atoms with E-state index in [-0.39, 0.29) is 23.8 Å². The molecule has 0 saturated carbocycles. The van der Waals surface area contributed by atoms with Crippen LogP contribution in [0.2, 0.25) is 0 Å². The number of nitrogens with one attached hydrogen (secondary N) is 1. The molecular formula is C16H24N4O4. The molecular weight excluding hydrogens is 312 g/mol. The molecule has 1 amide bonds. The molecule has 1 aromatic rings. The molecule has 8 nitrogen and oxygen atoms in total. The van der Waals surface area contributed by atoms with Gasteiger partial charge in [0, 0.05) is 45.3 Å². The highest BCUT2D eigenvalue weighted by Crippen LogP contribution is 2.35. The third kappa shape index (κ3) is 3.59. The van der Waals surface area contributed by atoms with E-state index in [0.29, 0.717) is 32.2 Å². The van der Waals surface area contributed by atoms with E-state index in [4.69, 9.17) is 14.2 Å². The Kier molecular flexibility index (Phi) is 5.47. The van der Waals surface area contributed by atoms with Crippen LogP contribution in [0, 0.1) is 11.8 Å². The average Bonchev–Trinajstić information content (AvgIpc) is 3.09. The van der Waals surface area contributed by atoms with Crippen LogP contribution in [0.4, 0.5) is 5.82 Å². The van der Waals surface area contributed by atoms with Gasteiger partial charge < -0.3 is 24.4 Å². The molecule has 0 bridgehead atoms. The van der Waals surface area contributed by atoms with Gasteiger partial charge in [0.1, 0.15) is 12.1 Å². The molecule has 2 saturated heterocycles. The molecule has 0 aromatic carbocycles. The van der Waals surface area contributed by atoms with E-state index >= 15 is 0 Å². The summed E-state index contributed by atoms with van der Waals surface area (Å²) >= 11 is 0. The van der Waals surface area contributed by atoms with Crippen LogP contribution in [0.3, 0.4) is 0 Å². The molecule has 24 heavy (non-hydrogen) atoms. The Morgan fingerprint density at radius 1 is 1.42 bits per heavy atom. The highest BCUT2D eigenvalue weighted by Gasteiger charge is 2.44. The summed E-state index contributed by atoms with van der Waals surface area (Å²) < 4.78 is 16.0. The molecule has 0 radical (unpaired) electrons. The number of anilines is 1. The van der Waals surface area contributed by atoms with Gasteiger partial charge in [-0.2, -0.15) is 0 Å². The van der Waals surface area contributed by atoms with E-state index in [9.17, 15) is 4.79 Å². The molecule has 2 fully saturated rings. The van der Waals surface area contributed by atoms with Crippen LogP contribution in [-0.2, 0) is 14.3 Å². The highest BCUT2D eigenvalue weighted by molar-refractivity contribution is 5.80. The predicted molar refractivity (Wildman–Crippen MR) is 87.0 cm³/mol. The van der Waals surface area contributed by atoms with E-state index in [2.05, 4.69) is 20.2 Å². The minimum absolute atomic E-state index is 0.0536. The second-order valence-electron chi connectivity index (χ2n) is 6.08. The molecule has 3 atom stereocenters. The number of aromatic nitrogens is 2. The maximum Gasteiger partial charge on any atom is 0.225 e. The first-order valence-electron chi connectivity index (χ1n) is 8.22. The van der Waals surface area contributed by atoms with Crippen LogP contribution < -0.4 is 15.0 Å². The summed E-state index contributed by atoms with van der Waals surface area (Å²) in [6, 6.07) is 1.79. The summed E-state index contributed by atoms with van der Waals surface area (Å²) in [4.78, 5) is 23.1. The maximum atomic E-state index is 12.6. The lowest BCUT2D eigenvalue weighted by Crippen LogP contribution is -2.53. The van der Waals surface area contributed by atoms with Crippen molar-refractivity contribution in [2.75, 3.05) is 52.0 Å². The molecule has 1 aromatic heterocycles. The third-order valence-corrected chi connectivity index (χ3v) is 4.70. The summed E-state index contributed by atoms with van der Waals surface area (Å²) in [7, 11) is 3.20. The monoisotopic (exact) mass is 336 g/mol. The Morgan fingerprint density at radius 2 is 2.29 bits per heavy atom. The molecule has 3 rings (SSSR count). The zero-order valence-corrected chi connectivity index (χ0v) is 14.1. The summed E-state index contributed by atoms with van der Waals surface area (Å²) in [5, 5.41) is 2.96. The van der Waals surface area contributed by atoms with Crippen LogP contribution in [0.25, 0.3) is 0 Å². The molecule has 0 unspecified atom stereocenters. The molecule has 0 aliphatic carbocycles. The fourth-order valence-corrected chi connectivity index (χ4v) is 3.46. The van der Waals surface area contributed by atoms with E-state index in [1.54, 1.807) is 20.3 Å². The molecule has 2 aliphatic rings. The molecule has 0 spiro atoms. The van der Waals surface area contributed by atoms with Gasteiger partial charge in [-0.1, -0.05) is 0 Å². The normalized spacial score (nSPS) is 26.1. The van der Waals surface area contributed by atoms with Crippen molar-refractivity contribution in [1.82, 2.24) is 15.3 Å². The van der Waals surface area contributed by atoms with Gasteiger partial charge in [-0.25, -0.2) is 9.97 Å². The Balaban J connectivity index is 1.74. The Hall–Kier alpha value is -1.93. The lowest BCUT2D eigenvalue weighted by Gasteiger charge is -2.39. The topological polar surface area (TPSA) is 85.8 Å². The van der Waals surface area contributed by atoms with Gasteiger partial charge in [-0.3, -0.25) is 4.79 Å². The zero-order chi connectivity index (χ0) is 16.9. The van der Waals surface area contributed by atoms with Gasteiger partial charge in [0.15, 0.2) is 0 Å². The smallest absolute Gasteiger partial charge is 0.225 e. The standard InChI is InChI=1S/C16H24N4O4/c1-22-6-4-17-16(21)12-8-20(9-13-11(12)3-5-24-13)14-7-15(23-2)19-10-18-14/h7,10-13H,3-6,8-9H2,1-2H3,(H,17,21)/t11-,12+,13+/m0/s1. The summed E-state index contributed by atoms with van der Waals surface area (Å²) in [6.07, 6.45) is 2.45. The number of hydrogen-bond acceptors (Lipinski definition) is 7. The average molecular weight is 336 g/mol. The quantitative estimate of drug-likeness (QED) is 0.737. The number of fused-ring (bicyclic) bond motifs is 1. The minimum atomic E-state index is -0.121. The Labute approximate surface area is 141 Å². The number of methoxy groups -OCH3 is 2. The van der Waals surface area contributed by atoms with Crippen LogP contribution >= 0.6 is 0 Å².